The first-order valence-electron chi connectivity index (χ1n) is 6.95. The minimum absolute atomic E-state index is 0.884. The van der Waals surface area contributed by atoms with Gasteiger partial charge in [0.15, 0.2) is 0 Å². The van der Waals surface area contributed by atoms with Gasteiger partial charge in [-0.3, -0.25) is 0 Å². The molecule has 0 atom stereocenters. The maximum absolute atomic E-state index is 3.43. The number of anilines is 1. The van der Waals surface area contributed by atoms with E-state index in [1.807, 2.05) is 0 Å². The first kappa shape index (κ1) is 11.3. The summed E-state index contributed by atoms with van der Waals surface area (Å²) in [6, 6.07) is 23.6. The molecule has 0 aliphatic carbocycles. The Morgan fingerprint density at radius 3 is 2.45 bits per heavy atom. The van der Waals surface area contributed by atoms with Crippen molar-refractivity contribution in [2.45, 2.75) is 0 Å². The molecule has 3 aromatic carbocycles. The first-order chi connectivity index (χ1) is 9.93. The molecule has 1 aliphatic rings. The summed E-state index contributed by atoms with van der Waals surface area (Å²) in [6.07, 6.45) is 2.28. The quantitative estimate of drug-likeness (QED) is 0.666. The van der Waals surface area contributed by atoms with Gasteiger partial charge in [0.1, 0.15) is 0 Å². The average Bonchev–Trinajstić information content (AvgIpc) is 2.54. The van der Waals surface area contributed by atoms with Crippen LogP contribution in [0.4, 0.5) is 5.69 Å². The number of hydrogen-bond acceptors (Lipinski definition) is 1. The molecule has 0 spiro atoms. The summed E-state index contributed by atoms with van der Waals surface area (Å²) in [7, 11) is 0. The Labute approximate surface area is 118 Å². The van der Waals surface area contributed by atoms with Crippen molar-refractivity contribution >= 4 is 22.0 Å². The number of fused-ring (bicyclic) bond motifs is 2. The van der Waals surface area contributed by atoms with Crippen LogP contribution in [0.5, 0.6) is 0 Å². The third-order valence-electron chi connectivity index (χ3n) is 3.90. The molecule has 4 rings (SSSR count). The number of hydrogen-bond donors (Lipinski definition) is 1. The van der Waals surface area contributed by atoms with Gasteiger partial charge in [-0.05, 0) is 28.0 Å². The Balaban J connectivity index is 1.98. The van der Waals surface area contributed by atoms with E-state index < -0.39 is 0 Å². The van der Waals surface area contributed by atoms with E-state index in [0.717, 1.165) is 6.54 Å². The van der Waals surface area contributed by atoms with Gasteiger partial charge in [-0.1, -0.05) is 66.7 Å². The smallest absolute Gasteiger partial charge is 0.0422 e. The zero-order valence-corrected chi connectivity index (χ0v) is 11.1. The third-order valence-corrected chi connectivity index (χ3v) is 3.90. The van der Waals surface area contributed by atoms with Crippen LogP contribution in [0, 0.1) is 0 Å². The summed E-state index contributed by atoms with van der Waals surface area (Å²) in [4.78, 5) is 0. The zero-order chi connectivity index (χ0) is 13.4. The van der Waals surface area contributed by atoms with Crippen LogP contribution in [0.3, 0.4) is 0 Å². The minimum atomic E-state index is 0.884. The highest BCUT2D eigenvalue weighted by molar-refractivity contribution is 6.00. The minimum Gasteiger partial charge on any atom is -0.381 e. The van der Waals surface area contributed by atoms with E-state index >= 15 is 0 Å². The van der Waals surface area contributed by atoms with Gasteiger partial charge in [-0.2, -0.15) is 0 Å². The van der Waals surface area contributed by atoms with Gasteiger partial charge in [-0.15, -0.1) is 0 Å². The summed E-state index contributed by atoms with van der Waals surface area (Å²) >= 11 is 0. The van der Waals surface area contributed by atoms with E-state index in [1.165, 1.54) is 33.2 Å². The van der Waals surface area contributed by atoms with Crippen LogP contribution >= 0.6 is 0 Å². The van der Waals surface area contributed by atoms with Crippen molar-refractivity contribution in [3.63, 3.8) is 0 Å². The van der Waals surface area contributed by atoms with Crippen LogP contribution in [0.2, 0.25) is 0 Å². The molecule has 3 aromatic rings. The van der Waals surface area contributed by atoms with Crippen molar-refractivity contribution in [2.75, 3.05) is 11.9 Å². The molecule has 0 bridgehead atoms. The molecular formula is C19H15N. The van der Waals surface area contributed by atoms with Crippen LogP contribution in [-0.4, -0.2) is 6.54 Å². The number of para-hydroxylation sites is 1. The fourth-order valence-corrected chi connectivity index (χ4v) is 2.96. The molecule has 1 nitrogen and oxygen atoms in total. The van der Waals surface area contributed by atoms with Crippen LogP contribution < -0.4 is 5.32 Å². The van der Waals surface area contributed by atoms with Crippen LogP contribution in [0.25, 0.3) is 16.3 Å². The molecule has 0 fully saturated rings. The SMILES string of the molecule is C1=C(c2cccc3ccccc23)c2ccccc2NC1. The molecule has 1 heteroatoms. The van der Waals surface area contributed by atoms with E-state index in [0.29, 0.717) is 0 Å². The molecular weight excluding hydrogens is 242 g/mol. The van der Waals surface area contributed by atoms with Crippen LogP contribution in [0.15, 0.2) is 72.8 Å². The molecule has 0 saturated carbocycles. The van der Waals surface area contributed by atoms with Crippen molar-refractivity contribution in [3.05, 3.63) is 83.9 Å². The van der Waals surface area contributed by atoms with Gasteiger partial charge in [0, 0.05) is 17.8 Å². The zero-order valence-electron chi connectivity index (χ0n) is 11.1. The van der Waals surface area contributed by atoms with Gasteiger partial charge in [0.2, 0.25) is 0 Å². The largest absolute Gasteiger partial charge is 0.381 e. The Hall–Kier alpha value is -2.54. The van der Waals surface area contributed by atoms with Crippen molar-refractivity contribution in [3.8, 4) is 0 Å². The van der Waals surface area contributed by atoms with Gasteiger partial charge in [0.25, 0.3) is 0 Å². The highest BCUT2D eigenvalue weighted by Gasteiger charge is 2.14. The fraction of sp³-hybridized carbons (Fsp3) is 0.0526. The summed E-state index contributed by atoms with van der Waals surface area (Å²) < 4.78 is 0. The molecule has 96 valence electrons. The van der Waals surface area contributed by atoms with Crippen LogP contribution in [0.1, 0.15) is 11.1 Å². The molecule has 0 radical (unpaired) electrons. The lowest BCUT2D eigenvalue weighted by molar-refractivity contribution is 1.29. The number of nitrogens with one attached hydrogen (secondary N) is 1. The number of benzene rings is 3. The summed E-state index contributed by atoms with van der Waals surface area (Å²) in [5, 5.41) is 6.05. The molecule has 1 aliphatic heterocycles. The Morgan fingerprint density at radius 2 is 1.45 bits per heavy atom. The number of rotatable bonds is 1. The highest BCUT2D eigenvalue weighted by Crippen LogP contribution is 2.35. The molecule has 0 amide bonds. The van der Waals surface area contributed by atoms with E-state index in [4.69, 9.17) is 0 Å². The summed E-state index contributed by atoms with van der Waals surface area (Å²) in [6.45, 7) is 0.884. The Morgan fingerprint density at radius 1 is 0.700 bits per heavy atom. The maximum Gasteiger partial charge on any atom is 0.0422 e. The third kappa shape index (κ3) is 1.71. The van der Waals surface area contributed by atoms with E-state index in [9.17, 15) is 0 Å². The molecule has 0 aromatic heterocycles. The lowest BCUT2D eigenvalue weighted by Gasteiger charge is -2.20. The topological polar surface area (TPSA) is 12.0 Å². The lowest BCUT2D eigenvalue weighted by atomic mass is 9.90. The first-order valence-corrected chi connectivity index (χ1v) is 6.95. The second-order valence-corrected chi connectivity index (χ2v) is 5.07. The molecule has 0 saturated heterocycles. The Bertz CT molecular complexity index is 809. The van der Waals surface area contributed by atoms with Crippen LogP contribution in [-0.2, 0) is 0 Å². The second kappa shape index (κ2) is 4.53. The lowest BCUT2D eigenvalue weighted by Crippen LogP contribution is -2.08. The van der Waals surface area contributed by atoms with E-state index in [-0.39, 0.29) is 0 Å². The van der Waals surface area contributed by atoms with E-state index in [2.05, 4.69) is 78.1 Å². The fourth-order valence-electron chi connectivity index (χ4n) is 2.96. The molecule has 0 unspecified atom stereocenters. The predicted molar refractivity (Wildman–Crippen MR) is 86.0 cm³/mol. The highest BCUT2D eigenvalue weighted by atomic mass is 14.9. The summed E-state index contributed by atoms with van der Waals surface area (Å²) in [5.41, 5.74) is 5.15. The van der Waals surface area contributed by atoms with Gasteiger partial charge < -0.3 is 5.32 Å². The molecule has 1 N–H and O–H groups in total. The second-order valence-electron chi connectivity index (χ2n) is 5.07. The monoisotopic (exact) mass is 257 g/mol. The van der Waals surface area contributed by atoms with Gasteiger partial charge in [-0.25, -0.2) is 0 Å². The van der Waals surface area contributed by atoms with Gasteiger partial charge >= 0.3 is 0 Å². The van der Waals surface area contributed by atoms with Crippen molar-refractivity contribution in [1.29, 1.82) is 0 Å². The van der Waals surface area contributed by atoms with Crippen molar-refractivity contribution in [2.24, 2.45) is 0 Å². The summed E-state index contributed by atoms with van der Waals surface area (Å²) in [5.74, 6) is 0. The molecule has 20 heavy (non-hydrogen) atoms. The van der Waals surface area contributed by atoms with Crippen molar-refractivity contribution < 1.29 is 0 Å². The molecule has 1 heterocycles. The standard InChI is InChI=1S/C19H15N/c1-2-8-15-14(6-1)7-5-10-16(15)17-12-13-20-19-11-4-3-9-18(17)19/h1-12,20H,13H2. The van der Waals surface area contributed by atoms with Crippen molar-refractivity contribution in [1.82, 2.24) is 0 Å². The van der Waals surface area contributed by atoms with E-state index in [1.54, 1.807) is 0 Å². The maximum atomic E-state index is 3.43. The predicted octanol–water partition coefficient (Wildman–Crippen LogP) is 4.70. The Kier molecular flexibility index (Phi) is 2.56. The average molecular weight is 257 g/mol. The van der Waals surface area contributed by atoms with Gasteiger partial charge in [0.05, 0.1) is 0 Å². The normalized spacial score (nSPS) is 13.5.